The molecule has 1 aliphatic heterocycles. The minimum absolute atomic E-state index is 0.208. The van der Waals surface area contributed by atoms with Crippen molar-refractivity contribution in [3.05, 3.63) is 0 Å². The van der Waals surface area contributed by atoms with Gasteiger partial charge in [0.2, 0.25) is 0 Å². The van der Waals surface area contributed by atoms with Gasteiger partial charge in [-0.05, 0) is 26.3 Å². The van der Waals surface area contributed by atoms with Crippen LogP contribution in [0.15, 0.2) is 0 Å². The minimum Gasteiger partial charge on any atom is -0.298 e. The summed E-state index contributed by atoms with van der Waals surface area (Å²) in [7, 11) is 2.04. The second-order valence-electron chi connectivity index (χ2n) is 3.58. The average Bonchev–Trinajstić information content (AvgIpc) is 2.30. The molecule has 2 nitrogen and oxygen atoms in total. The van der Waals surface area contributed by atoms with Crippen LogP contribution in [-0.4, -0.2) is 30.3 Å². The van der Waals surface area contributed by atoms with E-state index in [1.807, 2.05) is 7.05 Å². The Bertz CT molecular complexity index is 156. The number of Topliss-reactive ketones (excluding diaryl/α,β-unsaturated/α-hetero) is 1. The van der Waals surface area contributed by atoms with Gasteiger partial charge < -0.3 is 0 Å². The lowest BCUT2D eigenvalue weighted by molar-refractivity contribution is -0.120. The molecule has 0 aromatic heterocycles. The fraction of sp³-hybridized carbons (Fsp3) is 0.889. The topological polar surface area (TPSA) is 20.3 Å². The van der Waals surface area contributed by atoms with Crippen molar-refractivity contribution in [2.75, 3.05) is 13.6 Å². The Morgan fingerprint density at radius 1 is 1.64 bits per heavy atom. The summed E-state index contributed by atoms with van der Waals surface area (Å²) in [4.78, 5) is 13.3. The average molecular weight is 155 g/mol. The number of likely N-dealkylation sites (N-methyl/N-ethyl adjacent to an activating group) is 1. The van der Waals surface area contributed by atoms with Gasteiger partial charge in [-0.2, -0.15) is 0 Å². The third-order valence-electron chi connectivity index (χ3n) is 2.68. The van der Waals surface area contributed by atoms with E-state index in [1.54, 1.807) is 6.92 Å². The van der Waals surface area contributed by atoms with Gasteiger partial charge in [0.05, 0.1) is 6.04 Å². The molecular formula is C9H17NO. The first kappa shape index (κ1) is 8.72. The van der Waals surface area contributed by atoms with Gasteiger partial charge in [0, 0.05) is 6.54 Å². The smallest absolute Gasteiger partial charge is 0.146 e. The quantitative estimate of drug-likeness (QED) is 0.599. The lowest BCUT2D eigenvalue weighted by atomic mass is 10.0. The van der Waals surface area contributed by atoms with Gasteiger partial charge in [-0.15, -0.1) is 0 Å². The normalized spacial score (nSPS) is 32.6. The summed E-state index contributed by atoms with van der Waals surface area (Å²) in [6.45, 7) is 4.99. The molecule has 1 saturated heterocycles. The Morgan fingerprint density at radius 3 is 2.55 bits per heavy atom. The van der Waals surface area contributed by atoms with Crippen molar-refractivity contribution in [3.8, 4) is 0 Å². The predicted molar refractivity (Wildman–Crippen MR) is 45.5 cm³/mol. The van der Waals surface area contributed by atoms with Crippen molar-refractivity contribution in [3.63, 3.8) is 0 Å². The molecule has 2 heteroatoms. The maximum atomic E-state index is 11.1. The molecular weight excluding hydrogens is 138 g/mol. The van der Waals surface area contributed by atoms with Crippen LogP contribution < -0.4 is 0 Å². The zero-order chi connectivity index (χ0) is 8.43. The van der Waals surface area contributed by atoms with Crippen LogP contribution in [0, 0.1) is 5.92 Å². The predicted octanol–water partition coefficient (Wildman–Crippen LogP) is 1.31. The van der Waals surface area contributed by atoms with Gasteiger partial charge in [0.15, 0.2) is 0 Å². The molecule has 1 heterocycles. The van der Waals surface area contributed by atoms with Gasteiger partial charge in [0.25, 0.3) is 0 Å². The largest absolute Gasteiger partial charge is 0.298 e. The Morgan fingerprint density at radius 2 is 2.27 bits per heavy atom. The lowest BCUT2D eigenvalue weighted by Crippen LogP contribution is -2.30. The number of carbonyl (C=O) groups excluding carboxylic acids is 1. The summed E-state index contributed by atoms with van der Waals surface area (Å²) < 4.78 is 0. The van der Waals surface area contributed by atoms with E-state index in [4.69, 9.17) is 0 Å². The molecule has 2 atom stereocenters. The van der Waals surface area contributed by atoms with Crippen molar-refractivity contribution >= 4 is 5.78 Å². The fourth-order valence-electron chi connectivity index (χ4n) is 1.88. The highest BCUT2D eigenvalue weighted by Crippen LogP contribution is 2.24. The molecule has 0 saturated carbocycles. The highest BCUT2D eigenvalue weighted by atomic mass is 16.1. The fourth-order valence-corrected chi connectivity index (χ4v) is 1.88. The van der Waals surface area contributed by atoms with Crippen molar-refractivity contribution in [2.45, 2.75) is 32.7 Å². The Hall–Kier alpha value is -0.370. The first-order chi connectivity index (χ1) is 5.15. The van der Waals surface area contributed by atoms with E-state index in [0.717, 1.165) is 18.9 Å². The van der Waals surface area contributed by atoms with Crippen LogP contribution in [0.5, 0.6) is 0 Å². The summed E-state index contributed by atoms with van der Waals surface area (Å²) >= 11 is 0. The summed E-state index contributed by atoms with van der Waals surface area (Å²) in [5.74, 6) is 1.07. The molecule has 1 rings (SSSR count). The number of carbonyl (C=O) groups is 1. The molecule has 0 aliphatic carbocycles. The van der Waals surface area contributed by atoms with E-state index >= 15 is 0 Å². The lowest BCUT2D eigenvalue weighted by Gasteiger charge is -2.14. The van der Waals surface area contributed by atoms with Gasteiger partial charge in [-0.3, -0.25) is 9.69 Å². The summed E-state index contributed by atoms with van der Waals surface area (Å²) in [6, 6.07) is 0.208. The summed E-state index contributed by atoms with van der Waals surface area (Å²) in [5, 5.41) is 0. The van der Waals surface area contributed by atoms with E-state index in [1.165, 1.54) is 6.42 Å². The van der Waals surface area contributed by atoms with E-state index < -0.39 is 0 Å². The number of nitrogens with zero attached hydrogens (tertiary/aromatic N) is 1. The standard InChI is InChI=1S/C9H17NO/c1-4-8-5-9(7(2)11)10(3)6-8/h8-9H,4-6H2,1-3H3/t8-,9-/m0/s1. The minimum atomic E-state index is 0.208. The zero-order valence-corrected chi connectivity index (χ0v) is 7.63. The number of hydrogen-bond donors (Lipinski definition) is 0. The van der Waals surface area contributed by atoms with Crippen molar-refractivity contribution in [1.82, 2.24) is 4.90 Å². The number of likely N-dealkylation sites (tertiary alicyclic amines) is 1. The van der Waals surface area contributed by atoms with E-state index in [2.05, 4.69) is 11.8 Å². The molecule has 1 fully saturated rings. The number of rotatable bonds is 2. The van der Waals surface area contributed by atoms with E-state index in [0.29, 0.717) is 5.78 Å². The Balaban J connectivity index is 2.51. The maximum Gasteiger partial charge on any atom is 0.146 e. The third kappa shape index (κ3) is 1.80. The van der Waals surface area contributed by atoms with Crippen molar-refractivity contribution in [2.24, 2.45) is 5.92 Å². The van der Waals surface area contributed by atoms with Crippen molar-refractivity contribution < 1.29 is 4.79 Å². The number of ketones is 1. The second-order valence-corrected chi connectivity index (χ2v) is 3.58. The van der Waals surface area contributed by atoms with Crippen LogP contribution in [0.4, 0.5) is 0 Å². The molecule has 64 valence electrons. The van der Waals surface area contributed by atoms with Gasteiger partial charge in [0.1, 0.15) is 5.78 Å². The highest BCUT2D eigenvalue weighted by Gasteiger charge is 2.30. The van der Waals surface area contributed by atoms with Crippen LogP contribution in [-0.2, 0) is 4.79 Å². The molecule has 0 unspecified atom stereocenters. The van der Waals surface area contributed by atoms with Crippen LogP contribution >= 0.6 is 0 Å². The molecule has 0 aromatic rings. The van der Waals surface area contributed by atoms with Gasteiger partial charge in [-0.25, -0.2) is 0 Å². The monoisotopic (exact) mass is 155 g/mol. The van der Waals surface area contributed by atoms with Crippen LogP contribution in [0.3, 0.4) is 0 Å². The third-order valence-corrected chi connectivity index (χ3v) is 2.68. The van der Waals surface area contributed by atoms with E-state index in [-0.39, 0.29) is 6.04 Å². The maximum absolute atomic E-state index is 11.1. The SMILES string of the molecule is CC[C@H]1C[C@@H](C(C)=O)N(C)C1. The summed E-state index contributed by atoms with van der Waals surface area (Å²) in [5.41, 5.74) is 0. The van der Waals surface area contributed by atoms with Gasteiger partial charge >= 0.3 is 0 Å². The Labute approximate surface area is 68.6 Å². The molecule has 0 spiro atoms. The first-order valence-electron chi connectivity index (χ1n) is 4.35. The highest BCUT2D eigenvalue weighted by molar-refractivity contribution is 5.81. The molecule has 0 N–H and O–H groups in total. The van der Waals surface area contributed by atoms with Crippen molar-refractivity contribution in [1.29, 1.82) is 0 Å². The van der Waals surface area contributed by atoms with Crippen LogP contribution in [0.25, 0.3) is 0 Å². The number of hydrogen-bond acceptors (Lipinski definition) is 2. The molecule has 0 aromatic carbocycles. The molecule has 0 amide bonds. The molecule has 0 bridgehead atoms. The van der Waals surface area contributed by atoms with E-state index in [9.17, 15) is 4.79 Å². The van der Waals surface area contributed by atoms with Gasteiger partial charge in [-0.1, -0.05) is 13.3 Å². The molecule has 11 heavy (non-hydrogen) atoms. The first-order valence-corrected chi connectivity index (χ1v) is 4.35. The second kappa shape index (κ2) is 3.35. The van der Waals surface area contributed by atoms with Crippen LogP contribution in [0.2, 0.25) is 0 Å². The summed E-state index contributed by atoms with van der Waals surface area (Å²) in [6.07, 6.45) is 2.27. The molecule has 0 radical (unpaired) electrons. The van der Waals surface area contributed by atoms with Crippen LogP contribution in [0.1, 0.15) is 26.7 Å². The Kier molecular flexibility index (Phi) is 2.66. The zero-order valence-electron chi connectivity index (χ0n) is 7.63. The molecule has 1 aliphatic rings.